The van der Waals surface area contributed by atoms with Crippen LogP contribution in [0.5, 0.6) is 5.75 Å². The Balaban J connectivity index is 2.56. The molecule has 0 unspecified atom stereocenters. The van der Waals surface area contributed by atoms with Crippen LogP contribution < -0.4 is 10.5 Å². The minimum Gasteiger partial charge on any atom is -0.496 e. The fourth-order valence-electron chi connectivity index (χ4n) is 1.47. The van der Waals surface area contributed by atoms with Crippen LogP contribution in [-0.4, -0.2) is 12.1 Å². The Morgan fingerprint density at radius 2 is 2.13 bits per heavy atom. The van der Waals surface area contributed by atoms with Gasteiger partial charge in [-0.1, -0.05) is 6.07 Å². The molecule has 0 saturated carbocycles. The molecule has 0 spiro atoms. The molecule has 15 heavy (non-hydrogen) atoms. The first kappa shape index (κ1) is 9.52. The fourth-order valence-corrected chi connectivity index (χ4v) is 1.47. The Bertz CT molecular complexity index is 454. The van der Waals surface area contributed by atoms with Crippen molar-refractivity contribution in [3.05, 3.63) is 42.7 Å². The van der Waals surface area contributed by atoms with Gasteiger partial charge in [0.05, 0.1) is 7.11 Å². The van der Waals surface area contributed by atoms with Crippen LogP contribution in [0, 0.1) is 0 Å². The molecule has 1 aromatic carbocycles. The highest BCUT2D eigenvalue weighted by Gasteiger charge is 2.05. The Morgan fingerprint density at radius 1 is 1.27 bits per heavy atom. The number of ether oxygens (including phenoxy) is 1. The van der Waals surface area contributed by atoms with E-state index in [9.17, 15) is 0 Å². The zero-order valence-electron chi connectivity index (χ0n) is 8.47. The number of nitrogens with two attached hydrogens (primary N) is 1. The lowest BCUT2D eigenvalue weighted by molar-refractivity contribution is 0.416. The van der Waals surface area contributed by atoms with Crippen LogP contribution in [0.3, 0.4) is 0 Å². The number of pyridine rings is 1. The summed E-state index contributed by atoms with van der Waals surface area (Å²) in [5.74, 6) is 0.803. The van der Waals surface area contributed by atoms with Gasteiger partial charge in [-0.2, -0.15) is 0 Å². The van der Waals surface area contributed by atoms with Crippen molar-refractivity contribution >= 4 is 5.69 Å². The summed E-state index contributed by atoms with van der Waals surface area (Å²) in [5, 5.41) is 0. The minimum atomic E-state index is 0.717. The highest BCUT2D eigenvalue weighted by Crippen LogP contribution is 2.30. The molecule has 0 fully saturated rings. The second-order valence-corrected chi connectivity index (χ2v) is 3.20. The molecule has 76 valence electrons. The first-order valence-electron chi connectivity index (χ1n) is 4.65. The van der Waals surface area contributed by atoms with Crippen molar-refractivity contribution in [2.75, 3.05) is 12.8 Å². The van der Waals surface area contributed by atoms with Crippen LogP contribution in [-0.2, 0) is 0 Å². The van der Waals surface area contributed by atoms with E-state index in [1.165, 1.54) is 0 Å². The molecule has 0 atom stereocenters. The standard InChI is InChI=1S/C12H12N2O/c1-15-12-5-4-10(13)7-11(12)9-3-2-6-14-8-9/h2-8H,13H2,1H3. The normalized spacial score (nSPS) is 9.93. The average molecular weight is 200 g/mol. The van der Waals surface area contributed by atoms with Crippen LogP contribution >= 0.6 is 0 Å². The molecule has 0 aliphatic carbocycles. The lowest BCUT2D eigenvalue weighted by Crippen LogP contribution is -1.91. The van der Waals surface area contributed by atoms with Crippen LogP contribution in [0.1, 0.15) is 0 Å². The van der Waals surface area contributed by atoms with Gasteiger partial charge in [0.25, 0.3) is 0 Å². The second kappa shape index (κ2) is 4.00. The number of rotatable bonds is 2. The summed E-state index contributed by atoms with van der Waals surface area (Å²) in [6, 6.07) is 9.43. The number of aromatic nitrogens is 1. The number of hydrogen-bond donors (Lipinski definition) is 1. The molecule has 0 aliphatic rings. The smallest absolute Gasteiger partial charge is 0.126 e. The monoisotopic (exact) mass is 200 g/mol. The van der Waals surface area contributed by atoms with E-state index < -0.39 is 0 Å². The molecular weight excluding hydrogens is 188 g/mol. The fraction of sp³-hybridized carbons (Fsp3) is 0.0833. The highest BCUT2D eigenvalue weighted by atomic mass is 16.5. The third-order valence-electron chi connectivity index (χ3n) is 2.20. The zero-order chi connectivity index (χ0) is 10.7. The number of nitrogens with zero attached hydrogens (tertiary/aromatic N) is 1. The first-order chi connectivity index (χ1) is 7.31. The highest BCUT2D eigenvalue weighted by molar-refractivity contribution is 5.73. The van der Waals surface area contributed by atoms with E-state index in [2.05, 4.69) is 4.98 Å². The van der Waals surface area contributed by atoms with Crippen LogP contribution in [0.15, 0.2) is 42.7 Å². The van der Waals surface area contributed by atoms with Crippen LogP contribution in [0.25, 0.3) is 11.1 Å². The first-order valence-corrected chi connectivity index (χ1v) is 4.65. The third-order valence-corrected chi connectivity index (χ3v) is 2.20. The summed E-state index contributed by atoms with van der Waals surface area (Å²) in [5.41, 5.74) is 8.43. The van der Waals surface area contributed by atoms with E-state index in [0.717, 1.165) is 22.6 Å². The van der Waals surface area contributed by atoms with E-state index in [-0.39, 0.29) is 0 Å². The summed E-state index contributed by atoms with van der Waals surface area (Å²) >= 11 is 0. The number of hydrogen-bond acceptors (Lipinski definition) is 3. The van der Waals surface area contributed by atoms with E-state index in [4.69, 9.17) is 10.5 Å². The van der Waals surface area contributed by atoms with E-state index in [1.54, 1.807) is 19.5 Å². The van der Waals surface area contributed by atoms with Gasteiger partial charge >= 0.3 is 0 Å². The van der Waals surface area contributed by atoms with Crippen LogP contribution in [0.2, 0.25) is 0 Å². The van der Waals surface area contributed by atoms with Crippen LogP contribution in [0.4, 0.5) is 5.69 Å². The van der Waals surface area contributed by atoms with Gasteiger partial charge < -0.3 is 10.5 Å². The topological polar surface area (TPSA) is 48.1 Å². The maximum atomic E-state index is 5.74. The number of benzene rings is 1. The minimum absolute atomic E-state index is 0.717. The van der Waals surface area contributed by atoms with Crippen molar-refractivity contribution in [1.29, 1.82) is 0 Å². The number of nitrogen functional groups attached to an aromatic ring is 1. The van der Waals surface area contributed by atoms with Crippen molar-refractivity contribution in [3.8, 4) is 16.9 Å². The molecule has 3 heteroatoms. The second-order valence-electron chi connectivity index (χ2n) is 3.20. The van der Waals surface area contributed by atoms with E-state index in [0.29, 0.717) is 0 Å². The van der Waals surface area contributed by atoms with Gasteiger partial charge in [-0.15, -0.1) is 0 Å². The van der Waals surface area contributed by atoms with Gasteiger partial charge in [0.2, 0.25) is 0 Å². The SMILES string of the molecule is COc1ccc(N)cc1-c1cccnc1. The molecule has 3 nitrogen and oxygen atoms in total. The predicted molar refractivity (Wildman–Crippen MR) is 60.6 cm³/mol. The van der Waals surface area contributed by atoms with Gasteiger partial charge in [0, 0.05) is 29.2 Å². The Labute approximate surface area is 88.5 Å². The quantitative estimate of drug-likeness (QED) is 0.757. The third kappa shape index (κ3) is 1.91. The lowest BCUT2D eigenvalue weighted by Gasteiger charge is -2.08. The van der Waals surface area contributed by atoms with Crippen molar-refractivity contribution in [3.63, 3.8) is 0 Å². The largest absolute Gasteiger partial charge is 0.496 e. The van der Waals surface area contributed by atoms with Gasteiger partial charge in [0.15, 0.2) is 0 Å². The molecule has 2 aromatic rings. The molecule has 0 radical (unpaired) electrons. The van der Waals surface area contributed by atoms with Crippen molar-refractivity contribution in [2.24, 2.45) is 0 Å². The Hall–Kier alpha value is -2.03. The predicted octanol–water partition coefficient (Wildman–Crippen LogP) is 2.34. The van der Waals surface area contributed by atoms with Gasteiger partial charge in [-0.05, 0) is 24.3 Å². The summed E-state index contributed by atoms with van der Waals surface area (Å²) in [6.45, 7) is 0. The van der Waals surface area contributed by atoms with Crippen molar-refractivity contribution in [1.82, 2.24) is 4.98 Å². The lowest BCUT2D eigenvalue weighted by atomic mass is 10.1. The molecule has 0 amide bonds. The maximum Gasteiger partial charge on any atom is 0.126 e. The summed E-state index contributed by atoms with van der Waals surface area (Å²) < 4.78 is 5.27. The molecule has 1 heterocycles. The molecule has 2 N–H and O–H groups in total. The van der Waals surface area contributed by atoms with Gasteiger partial charge in [-0.25, -0.2) is 0 Å². The van der Waals surface area contributed by atoms with Gasteiger partial charge in [-0.3, -0.25) is 4.98 Å². The zero-order valence-corrected chi connectivity index (χ0v) is 8.47. The number of anilines is 1. The average Bonchev–Trinajstić information content (AvgIpc) is 2.30. The molecule has 0 saturated heterocycles. The van der Waals surface area contributed by atoms with Crippen molar-refractivity contribution in [2.45, 2.75) is 0 Å². The Kier molecular flexibility index (Phi) is 2.54. The molecule has 1 aromatic heterocycles. The van der Waals surface area contributed by atoms with Crippen molar-refractivity contribution < 1.29 is 4.74 Å². The summed E-state index contributed by atoms with van der Waals surface area (Å²) in [7, 11) is 1.64. The maximum absolute atomic E-state index is 5.74. The summed E-state index contributed by atoms with van der Waals surface area (Å²) in [6.07, 6.45) is 3.53. The Morgan fingerprint density at radius 3 is 2.80 bits per heavy atom. The molecule has 0 aliphatic heterocycles. The summed E-state index contributed by atoms with van der Waals surface area (Å²) in [4.78, 5) is 4.07. The molecular formula is C12H12N2O. The van der Waals surface area contributed by atoms with E-state index >= 15 is 0 Å². The van der Waals surface area contributed by atoms with Gasteiger partial charge in [0.1, 0.15) is 5.75 Å². The number of methoxy groups -OCH3 is 1. The van der Waals surface area contributed by atoms with E-state index in [1.807, 2.05) is 30.3 Å². The molecule has 2 rings (SSSR count). The molecule has 0 bridgehead atoms.